The smallest absolute Gasteiger partial charge is 0.144 e. The van der Waals surface area contributed by atoms with Gasteiger partial charge in [0.2, 0.25) is 0 Å². The predicted molar refractivity (Wildman–Crippen MR) is 47.7 cm³/mol. The van der Waals surface area contributed by atoms with Gasteiger partial charge in [0.1, 0.15) is 17.9 Å². The normalized spacial score (nSPS) is 8.62. The van der Waals surface area contributed by atoms with Crippen molar-refractivity contribution >= 4 is 17.9 Å². The van der Waals surface area contributed by atoms with Crippen LogP contribution in [0.3, 0.4) is 0 Å². The fourth-order valence-electron chi connectivity index (χ4n) is 0.470. The lowest BCUT2D eigenvalue weighted by Crippen LogP contribution is -1.77. The lowest BCUT2D eigenvalue weighted by Gasteiger charge is -1.90. The molecule has 0 heterocycles. The van der Waals surface area contributed by atoms with Gasteiger partial charge < -0.3 is 4.79 Å². The molecule has 0 N–H and O–H groups in total. The number of carbonyl (C=O) groups is 1. The second-order valence-electron chi connectivity index (χ2n) is 2.13. The molecule has 0 fully saturated rings. The lowest BCUT2D eigenvalue weighted by atomic mass is 10.3. The van der Waals surface area contributed by atoms with E-state index in [1.165, 1.54) is 6.07 Å². The maximum atomic E-state index is 12.2. The van der Waals surface area contributed by atoms with Gasteiger partial charge in [0, 0.05) is 12.5 Å². The molecule has 1 aromatic rings. The van der Waals surface area contributed by atoms with Crippen molar-refractivity contribution in [3.8, 4) is 0 Å². The Bertz CT molecular complexity index is 276. The molecule has 4 heteroatoms. The standard InChI is InChI=1S/C6H3ClF2.C3H6O/c7-5-2-1-4(8)3-6(5)9;1-2-3-4/h1-3H;3H,2H2,1H3. The van der Waals surface area contributed by atoms with E-state index in [4.69, 9.17) is 11.6 Å². The van der Waals surface area contributed by atoms with Crippen molar-refractivity contribution in [3.63, 3.8) is 0 Å². The fourth-order valence-corrected chi connectivity index (χ4v) is 0.588. The molecule has 0 saturated heterocycles. The van der Waals surface area contributed by atoms with Gasteiger partial charge in [-0.1, -0.05) is 18.5 Å². The number of carbonyl (C=O) groups excluding carboxylic acids is 1. The van der Waals surface area contributed by atoms with Crippen molar-refractivity contribution in [2.75, 3.05) is 0 Å². The van der Waals surface area contributed by atoms with Crippen LogP contribution in [0.4, 0.5) is 8.78 Å². The highest BCUT2D eigenvalue weighted by Crippen LogP contribution is 2.13. The Kier molecular flexibility index (Phi) is 6.06. The molecule has 0 aromatic heterocycles. The molecule has 1 nitrogen and oxygen atoms in total. The molecule has 1 aromatic carbocycles. The summed E-state index contributed by atoms with van der Waals surface area (Å²) in [6.45, 7) is 1.81. The first-order valence-electron chi connectivity index (χ1n) is 3.66. The maximum Gasteiger partial charge on any atom is 0.144 e. The van der Waals surface area contributed by atoms with Gasteiger partial charge in [0.05, 0.1) is 5.02 Å². The average Bonchev–Trinajstić information content (AvgIpc) is 2.12. The summed E-state index contributed by atoms with van der Waals surface area (Å²) in [5, 5.41) is -0.0589. The van der Waals surface area contributed by atoms with Crippen LogP contribution >= 0.6 is 11.6 Å². The Hall–Kier alpha value is -0.960. The highest BCUT2D eigenvalue weighted by Gasteiger charge is 1.97. The van der Waals surface area contributed by atoms with Crippen LogP contribution < -0.4 is 0 Å². The SMILES string of the molecule is CCC=O.Fc1ccc(Cl)c(F)c1. The van der Waals surface area contributed by atoms with Gasteiger partial charge in [-0.15, -0.1) is 0 Å². The highest BCUT2D eigenvalue weighted by atomic mass is 35.5. The Morgan fingerprint density at radius 2 is 2.00 bits per heavy atom. The quantitative estimate of drug-likeness (QED) is 0.509. The van der Waals surface area contributed by atoms with Gasteiger partial charge in [0.15, 0.2) is 0 Å². The summed E-state index contributed by atoms with van der Waals surface area (Å²) in [6.07, 6.45) is 1.51. The van der Waals surface area contributed by atoms with Crippen LogP contribution in [0.5, 0.6) is 0 Å². The van der Waals surface area contributed by atoms with Gasteiger partial charge in [0.25, 0.3) is 0 Å². The van der Waals surface area contributed by atoms with E-state index < -0.39 is 11.6 Å². The molecule has 72 valence electrons. The molecule has 1 rings (SSSR count). The van der Waals surface area contributed by atoms with E-state index in [0.29, 0.717) is 6.42 Å². The van der Waals surface area contributed by atoms with Crippen LogP contribution in [0.2, 0.25) is 5.02 Å². The Morgan fingerprint density at radius 3 is 2.31 bits per heavy atom. The summed E-state index contributed by atoms with van der Waals surface area (Å²) in [5.41, 5.74) is 0. The molecule has 0 amide bonds. The topological polar surface area (TPSA) is 17.1 Å². The minimum atomic E-state index is -0.725. The number of hydrogen-bond donors (Lipinski definition) is 0. The second-order valence-corrected chi connectivity index (χ2v) is 2.54. The lowest BCUT2D eigenvalue weighted by molar-refractivity contribution is -0.107. The third kappa shape index (κ3) is 5.31. The number of rotatable bonds is 1. The maximum absolute atomic E-state index is 12.2. The number of aldehydes is 1. The van der Waals surface area contributed by atoms with Crippen LogP contribution in [-0.4, -0.2) is 6.29 Å². The van der Waals surface area contributed by atoms with Crippen molar-refractivity contribution in [3.05, 3.63) is 34.9 Å². The minimum Gasteiger partial charge on any atom is -0.303 e. The van der Waals surface area contributed by atoms with E-state index >= 15 is 0 Å². The Labute approximate surface area is 80.3 Å². The van der Waals surface area contributed by atoms with E-state index in [1.54, 1.807) is 0 Å². The van der Waals surface area contributed by atoms with Crippen LogP contribution in [0.15, 0.2) is 18.2 Å². The molecule has 13 heavy (non-hydrogen) atoms. The van der Waals surface area contributed by atoms with E-state index in [1.807, 2.05) is 6.92 Å². The summed E-state index contributed by atoms with van der Waals surface area (Å²) in [7, 11) is 0. The molecular weight excluding hydrogens is 198 g/mol. The largest absolute Gasteiger partial charge is 0.303 e. The zero-order valence-electron chi connectivity index (χ0n) is 7.06. The summed E-state index contributed by atoms with van der Waals surface area (Å²) in [6, 6.07) is 3.01. The summed E-state index contributed by atoms with van der Waals surface area (Å²) in [4.78, 5) is 9.17. The summed E-state index contributed by atoms with van der Waals surface area (Å²) in [5.74, 6) is -1.34. The fraction of sp³-hybridized carbons (Fsp3) is 0.222. The molecule has 0 atom stereocenters. The number of hydrogen-bond acceptors (Lipinski definition) is 1. The average molecular weight is 207 g/mol. The zero-order valence-corrected chi connectivity index (χ0v) is 7.81. The molecule has 0 unspecified atom stereocenters. The number of halogens is 3. The first-order chi connectivity index (χ1) is 6.11. The van der Waals surface area contributed by atoms with Gasteiger partial charge >= 0.3 is 0 Å². The molecular formula is C9H9ClF2O. The predicted octanol–water partition coefficient (Wildman–Crippen LogP) is 3.21. The first kappa shape index (κ1) is 12.0. The highest BCUT2D eigenvalue weighted by molar-refractivity contribution is 6.30. The molecule has 0 radical (unpaired) electrons. The van der Waals surface area contributed by atoms with Gasteiger partial charge in [-0.25, -0.2) is 8.78 Å². The van der Waals surface area contributed by atoms with Crippen LogP contribution in [0.1, 0.15) is 13.3 Å². The first-order valence-corrected chi connectivity index (χ1v) is 4.03. The molecule has 0 bridgehead atoms. The van der Waals surface area contributed by atoms with Crippen molar-refractivity contribution in [1.82, 2.24) is 0 Å². The monoisotopic (exact) mass is 206 g/mol. The van der Waals surface area contributed by atoms with Crippen molar-refractivity contribution in [2.45, 2.75) is 13.3 Å². The molecule has 0 aliphatic carbocycles. The molecule has 0 aliphatic heterocycles. The zero-order chi connectivity index (χ0) is 10.3. The Balaban J connectivity index is 0.000000310. The van der Waals surface area contributed by atoms with E-state index in [0.717, 1.165) is 18.4 Å². The van der Waals surface area contributed by atoms with Crippen LogP contribution in [0.25, 0.3) is 0 Å². The van der Waals surface area contributed by atoms with Gasteiger partial charge in [-0.05, 0) is 12.1 Å². The molecule has 0 aliphatic rings. The molecule has 0 spiro atoms. The van der Waals surface area contributed by atoms with Crippen molar-refractivity contribution < 1.29 is 13.6 Å². The summed E-state index contributed by atoms with van der Waals surface area (Å²) >= 11 is 5.24. The van der Waals surface area contributed by atoms with Gasteiger partial charge in [-0.2, -0.15) is 0 Å². The third-order valence-electron chi connectivity index (χ3n) is 1.05. The van der Waals surface area contributed by atoms with Crippen molar-refractivity contribution in [2.24, 2.45) is 0 Å². The minimum absolute atomic E-state index is 0.0589. The Morgan fingerprint density at radius 1 is 1.46 bits per heavy atom. The molecule has 0 saturated carbocycles. The third-order valence-corrected chi connectivity index (χ3v) is 1.35. The van der Waals surface area contributed by atoms with Gasteiger partial charge in [-0.3, -0.25) is 0 Å². The van der Waals surface area contributed by atoms with Crippen LogP contribution in [0, 0.1) is 11.6 Å². The number of benzene rings is 1. The van der Waals surface area contributed by atoms with Crippen LogP contribution in [-0.2, 0) is 4.79 Å². The van der Waals surface area contributed by atoms with E-state index in [2.05, 4.69) is 0 Å². The second kappa shape index (κ2) is 6.54. The van der Waals surface area contributed by atoms with Crippen molar-refractivity contribution in [1.29, 1.82) is 0 Å². The summed E-state index contributed by atoms with van der Waals surface area (Å²) < 4.78 is 24.3. The van der Waals surface area contributed by atoms with E-state index in [-0.39, 0.29) is 5.02 Å². The van der Waals surface area contributed by atoms with E-state index in [9.17, 15) is 13.6 Å².